The molecule has 4 atom stereocenters. The standard InChI is InChI=1S/C15H22N2O5/c1-21-10-4-2-9(3-5-10)8-17-13(18)6-11-14(19)15(20)12(7-16)22-11/h2-5,11-12,14-15,19-20H,6-8,16H2,1H3,(H,17,18)/t11-,12+,14-,15+/m0/s1. The van der Waals surface area contributed by atoms with E-state index in [-0.39, 0.29) is 18.9 Å². The Bertz CT molecular complexity index is 493. The number of methoxy groups -OCH3 is 1. The summed E-state index contributed by atoms with van der Waals surface area (Å²) in [5.74, 6) is 0.490. The molecule has 1 saturated heterocycles. The number of nitrogens with one attached hydrogen (secondary N) is 1. The molecule has 0 spiro atoms. The topological polar surface area (TPSA) is 114 Å². The number of ether oxygens (including phenoxy) is 2. The van der Waals surface area contributed by atoms with Crippen LogP contribution < -0.4 is 15.8 Å². The van der Waals surface area contributed by atoms with Gasteiger partial charge in [-0.25, -0.2) is 0 Å². The van der Waals surface area contributed by atoms with Gasteiger partial charge in [0, 0.05) is 13.1 Å². The molecule has 0 unspecified atom stereocenters. The number of carbonyl (C=O) groups excluding carboxylic acids is 1. The van der Waals surface area contributed by atoms with Crippen molar-refractivity contribution in [3.8, 4) is 5.75 Å². The van der Waals surface area contributed by atoms with Gasteiger partial charge in [-0.1, -0.05) is 12.1 Å². The molecule has 1 aliphatic rings. The monoisotopic (exact) mass is 310 g/mol. The van der Waals surface area contributed by atoms with Crippen molar-refractivity contribution < 1.29 is 24.5 Å². The van der Waals surface area contributed by atoms with Crippen LogP contribution in [-0.4, -0.2) is 54.2 Å². The lowest BCUT2D eigenvalue weighted by atomic mass is 10.1. The predicted molar refractivity (Wildman–Crippen MR) is 79.2 cm³/mol. The van der Waals surface area contributed by atoms with Gasteiger partial charge in [-0.3, -0.25) is 4.79 Å². The summed E-state index contributed by atoms with van der Waals surface area (Å²) in [6, 6.07) is 7.34. The van der Waals surface area contributed by atoms with Crippen molar-refractivity contribution in [3.63, 3.8) is 0 Å². The number of aliphatic hydroxyl groups is 2. The van der Waals surface area contributed by atoms with Crippen molar-refractivity contribution in [1.29, 1.82) is 0 Å². The van der Waals surface area contributed by atoms with Crippen LogP contribution in [-0.2, 0) is 16.1 Å². The van der Waals surface area contributed by atoms with Gasteiger partial charge < -0.3 is 30.7 Å². The Morgan fingerprint density at radius 2 is 1.91 bits per heavy atom. The Hall–Kier alpha value is -1.67. The maximum atomic E-state index is 11.9. The van der Waals surface area contributed by atoms with Gasteiger partial charge in [0.15, 0.2) is 0 Å². The van der Waals surface area contributed by atoms with Gasteiger partial charge in [-0.05, 0) is 17.7 Å². The molecule has 0 radical (unpaired) electrons. The van der Waals surface area contributed by atoms with E-state index in [0.717, 1.165) is 11.3 Å². The summed E-state index contributed by atoms with van der Waals surface area (Å²) < 4.78 is 10.4. The molecule has 1 fully saturated rings. The lowest BCUT2D eigenvalue weighted by molar-refractivity contribution is -0.125. The summed E-state index contributed by atoms with van der Waals surface area (Å²) in [5, 5.41) is 22.3. The first-order valence-electron chi connectivity index (χ1n) is 7.16. The molecule has 0 saturated carbocycles. The van der Waals surface area contributed by atoms with Crippen molar-refractivity contribution in [1.82, 2.24) is 5.32 Å². The molecule has 7 nitrogen and oxygen atoms in total. The van der Waals surface area contributed by atoms with Crippen LogP contribution in [0.3, 0.4) is 0 Å². The number of carbonyl (C=O) groups is 1. The van der Waals surface area contributed by atoms with Crippen molar-refractivity contribution >= 4 is 5.91 Å². The van der Waals surface area contributed by atoms with E-state index in [4.69, 9.17) is 15.2 Å². The van der Waals surface area contributed by atoms with E-state index in [1.54, 1.807) is 7.11 Å². The fraction of sp³-hybridized carbons (Fsp3) is 0.533. The number of aliphatic hydroxyl groups excluding tert-OH is 2. The highest BCUT2D eigenvalue weighted by atomic mass is 16.5. The molecule has 122 valence electrons. The summed E-state index contributed by atoms with van der Waals surface area (Å²) in [5.41, 5.74) is 6.36. The molecule has 0 aliphatic carbocycles. The number of hydrogen-bond donors (Lipinski definition) is 4. The summed E-state index contributed by atoms with van der Waals surface area (Å²) >= 11 is 0. The Labute approximate surface area is 129 Å². The van der Waals surface area contributed by atoms with E-state index in [1.807, 2.05) is 24.3 Å². The molecule has 2 rings (SSSR count). The molecule has 5 N–H and O–H groups in total. The minimum absolute atomic E-state index is 0.0229. The van der Waals surface area contributed by atoms with E-state index in [2.05, 4.69) is 5.32 Å². The first-order valence-corrected chi connectivity index (χ1v) is 7.16. The number of rotatable bonds is 6. The quantitative estimate of drug-likeness (QED) is 0.544. The smallest absolute Gasteiger partial charge is 0.222 e. The third-order valence-corrected chi connectivity index (χ3v) is 3.73. The fourth-order valence-electron chi connectivity index (χ4n) is 2.39. The number of benzene rings is 1. The number of amides is 1. The molecule has 0 aromatic heterocycles. The average Bonchev–Trinajstić information content (AvgIpc) is 2.81. The summed E-state index contributed by atoms with van der Waals surface area (Å²) in [7, 11) is 1.59. The molecule has 1 aromatic carbocycles. The molecular formula is C15H22N2O5. The van der Waals surface area contributed by atoms with Gasteiger partial charge in [-0.2, -0.15) is 0 Å². The molecular weight excluding hydrogens is 288 g/mol. The third kappa shape index (κ3) is 3.95. The minimum atomic E-state index is -1.10. The largest absolute Gasteiger partial charge is 0.497 e. The van der Waals surface area contributed by atoms with E-state index in [0.29, 0.717) is 6.54 Å². The molecule has 7 heteroatoms. The Balaban J connectivity index is 1.80. The van der Waals surface area contributed by atoms with Crippen molar-refractivity contribution in [2.24, 2.45) is 5.73 Å². The van der Waals surface area contributed by atoms with Gasteiger partial charge >= 0.3 is 0 Å². The summed E-state index contributed by atoms with van der Waals surface area (Å²) in [6.07, 6.45) is -3.54. The molecule has 0 bridgehead atoms. The van der Waals surface area contributed by atoms with Gasteiger partial charge in [0.2, 0.25) is 5.91 Å². The Kier molecular flexibility index (Phi) is 5.73. The van der Waals surface area contributed by atoms with Crippen LogP contribution in [0.5, 0.6) is 5.75 Å². The van der Waals surface area contributed by atoms with Crippen LogP contribution in [0.15, 0.2) is 24.3 Å². The summed E-state index contributed by atoms with van der Waals surface area (Å²) in [6.45, 7) is 0.469. The zero-order valence-electron chi connectivity index (χ0n) is 12.4. The van der Waals surface area contributed by atoms with Crippen molar-refractivity contribution in [2.45, 2.75) is 37.4 Å². The second kappa shape index (κ2) is 7.55. The van der Waals surface area contributed by atoms with Crippen LogP contribution in [0.1, 0.15) is 12.0 Å². The molecule has 22 heavy (non-hydrogen) atoms. The zero-order chi connectivity index (χ0) is 16.1. The maximum Gasteiger partial charge on any atom is 0.222 e. The van der Waals surface area contributed by atoms with Gasteiger partial charge in [-0.15, -0.1) is 0 Å². The highest BCUT2D eigenvalue weighted by Crippen LogP contribution is 2.23. The van der Waals surface area contributed by atoms with Crippen LogP contribution >= 0.6 is 0 Å². The minimum Gasteiger partial charge on any atom is -0.497 e. The second-order valence-corrected chi connectivity index (χ2v) is 5.26. The second-order valence-electron chi connectivity index (χ2n) is 5.26. The van der Waals surface area contributed by atoms with Gasteiger partial charge in [0.25, 0.3) is 0 Å². The number of hydrogen-bond acceptors (Lipinski definition) is 6. The van der Waals surface area contributed by atoms with E-state index < -0.39 is 24.4 Å². The fourth-order valence-corrected chi connectivity index (χ4v) is 2.39. The lowest BCUT2D eigenvalue weighted by Gasteiger charge is -2.14. The van der Waals surface area contributed by atoms with E-state index in [9.17, 15) is 15.0 Å². The lowest BCUT2D eigenvalue weighted by Crippen LogP contribution is -2.37. The van der Waals surface area contributed by atoms with Gasteiger partial charge in [0.05, 0.1) is 25.7 Å². The molecule has 1 aromatic rings. The summed E-state index contributed by atoms with van der Waals surface area (Å²) in [4.78, 5) is 11.9. The zero-order valence-corrected chi connectivity index (χ0v) is 12.4. The average molecular weight is 310 g/mol. The van der Waals surface area contributed by atoms with E-state index in [1.165, 1.54) is 0 Å². The predicted octanol–water partition coefficient (Wildman–Crippen LogP) is -0.851. The van der Waals surface area contributed by atoms with Crippen LogP contribution in [0.2, 0.25) is 0 Å². The van der Waals surface area contributed by atoms with Crippen LogP contribution in [0.25, 0.3) is 0 Å². The Morgan fingerprint density at radius 3 is 2.45 bits per heavy atom. The maximum absolute atomic E-state index is 11.9. The van der Waals surface area contributed by atoms with Crippen molar-refractivity contribution in [2.75, 3.05) is 13.7 Å². The molecule has 1 aliphatic heterocycles. The third-order valence-electron chi connectivity index (χ3n) is 3.73. The van der Waals surface area contributed by atoms with Gasteiger partial charge in [0.1, 0.15) is 18.0 Å². The Morgan fingerprint density at radius 1 is 1.27 bits per heavy atom. The SMILES string of the molecule is COc1ccc(CNC(=O)C[C@@H]2O[C@H](CN)[C@@H](O)[C@H]2O)cc1. The molecule has 1 amide bonds. The van der Waals surface area contributed by atoms with Crippen LogP contribution in [0.4, 0.5) is 0 Å². The van der Waals surface area contributed by atoms with Crippen LogP contribution in [0, 0.1) is 0 Å². The first-order chi connectivity index (χ1) is 10.5. The molecule has 1 heterocycles. The van der Waals surface area contributed by atoms with Crippen molar-refractivity contribution in [3.05, 3.63) is 29.8 Å². The van der Waals surface area contributed by atoms with E-state index >= 15 is 0 Å². The highest BCUT2D eigenvalue weighted by Gasteiger charge is 2.42. The normalized spacial score (nSPS) is 27.6. The number of nitrogens with two attached hydrogens (primary N) is 1. The first kappa shape index (κ1) is 16.7. The highest BCUT2D eigenvalue weighted by molar-refractivity contribution is 5.76.